The van der Waals surface area contributed by atoms with E-state index in [2.05, 4.69) is 18.1 Å². The molecule has 2 rings (SSSR count). The average Bonchev–Trinajstić information content (AvgIpc) is 2.82. The van der Waals surface area contributed by atoms with Crippen molar-refractivity contribution < 1.29 is 55.5 Å². The van der Waals surface area contributed by atoms with Gasteiger partial charge in [-0.25, -0.2) is 23.1 Å². The average molecular weight is 485 g/mol. The third kappa shape index (κ3) is 7.02. The SMILES string of the molecule is Nc1ccn([C@@H]2O[C@H](COP(=O)(O)OP(=O)(O)OP(=O)(O)O)C[C@@H]2F)c(=S)n1. The van der Waals surface area contributed by atoms with Gasteiger partial charge in [0, 0.05) is 12.6 Å². The molecule has 1 saturated heterocycles. The zero-order valence-electron chi connectivity index (χ0n) is 13.5. The number of phosphoric ester groups is 1. The molecule has 14 nitrogen and oxygen atoms in total. The van der Waals surface area contributed by atoms with Crippen LogP contribution in [-0.2, 0) is 31.6 Å². The van der Waals surface area contributed by atoms with Crippen LogP contribution >= 0.6 is 35.7 Å². The highest BCUT2D eigenvalue weighted by Crippen LogP contribution is 2.66. The molecule has 1 fully saturated rings. The van der Waals surface area contributed by atoms with Gasteiger partial charge in [0.25, 0.3) is 0 Å². The molecule has 19 heteroatoms. The fourth-order valence-corrected chi connectivity index (χ4v) is 5.47. The molecule has 0 amide bonds. The van der Waals surface area contributed by atoms with Gasteiger partial charge in [-0.2, -0.15) is 8.62 Å². The number of nitrogen functional groups attached to an aromatic ring is 1. The summed E-state index contributed by atoms with van der Waals surface area (Å²) < 4.78 is 65.6. The van der Waals surface area contributed by atoms with Gasteiger partial charge in [0.1, 0.15) is 12.0 Å². The highest BCUT2D eigenvalue weighted by atomic mass is 32.1. The van der Waals surface area contributed by atoms with Crippen molar-refractivity contribution in [3.63, 3.8) is 0 Å². The van der Waals surface area contributed by atoms with E-state index < -0.39 is 48.6 Å². The van der Waals surface area contributed by atoms with Crippen LogP contribution in [0, 0.1) is 4.77 Å². The minimum Gasteiger partial charge on any atom is -0.384 e. The lowest BCUT2D eigenvalue weighted by Gasteiger charge is -2.19. The number of anilines is 1. The molecule has 1 aromatic heterocycles. The van der Waals surface area contributed by atoms with E-state index >= 15 is 0 Å². The summed E-state index contributed by atoms with van der Waals surface area (Å²) in [7, 11) is -16.5. The number of halogens is 1. The minimum absolute atomic E-state index is 0.0683. The Kier molecular flexibility index (Phi) is 7.31. The summed E-state index contributed by atoms with van der Waals surface area (Å²) in [5.41, 5.74) is 5.45. The van der Waals surface area contributed by atoms with E-state index in [9.17, 15) is 23.0 Å². The molecule has 0 aliphatic carbocycles. The molecular weight excluding hydrogens is 470 g/mol. The van der Waals surface area contributed by atoms with Gasteiger partial charge in [-0.1, -0.05) is 0 Å². The fourth-order valence-electron chi connectivity index (χ4n) is 2.15. The molecule has 28 heavy (non-hydrogen) atoms. The van der Waals surface area contributed by atoms with Gasteiger partial charge >= 0.3 is 23.5 Å². The van der Waals surface area contributed by atoms with Gasteiger partial charge in [0.2, 0.25) is 4.77 Å². The van der Waals surface area contributed by atoms with E-state index in [4.69, 9.17) is 37.4 Å². The topological polar surface area (TPSA) is 213 Å². The molecular formula is C9H15FN3O11P3S. The summed E-state index contributed by atoms with van der Waals surface area (Å²) in [6, 6.07) is 1.35. The molecule has 2 heterocycles. The second kappa shape index (κ2) is 8.64. The summed E-state index contributed by atoms with van der Waals surface area (Å²) in [5, 5.41) is 0. The lowest BCUT2D eigenvalue weighted by Crippen LogP contribution is -2.19. The standard InChI is InChI=1S/C9H15FN3O11P3S/c10-6-3-5(22-8(6)13-2-1-7(11)12-9(13)28)4-21-26(17,18)24-27(19,20)23-25(14,15)16/h1-2,5-6,8H,3-4H2,(H,17,18)(H,19,20)(H2,11,12,28)(H2,14,15,16)/t5-,6-,8+/m0/s1. The van der Waals surface area contributed by atoms with Crippen LogP contribution in [-0.4, -0.2) is 48.0 Å². The van der Waals surface area contributed by atoms with Crippen molar-refractivity contribution in [2.24, 2.45) is 0 Å². The molecule has 1 aromatic rings. The van der Waals surface area contributed by atoms with E-state index in [-0.39, 0.29) is 17.0 Å². The molecule has 2 unspecified atom stereocenters. The number of hydrogen-bond acceptors (Lipinski definition) is 10. The highest BCUT2D eigenvalue weighted by Gasteiger charge is 2.42. The first kappa shape index (κ1) is 23.7. The lowest BCUT2D eigenvalue weighted by atomic mass is 10.2. The first-order valence-electron chi connectivity index (χ1n) is 7.10. The van der Waals surface area contributed by atoms with Gasteiger partial charge in [-0.05, 0) is 18.3 Å². The molecule has 6 N–H and O–H groups in total. The zero-order valence-corrected chi connectivity index (χ0v) is 17.0. The predicted molar refractivity (Wildman–Crippen MR) is 90.7 cm³/mol. The Bertz CT molecular complexity index is 924. The van der Waals surface area contributed by atoms with E-state index in [1.54, 1.807) is 0 Å². The van der Waals surface area contributed by atoms with Crippen LogP contribution in [0.25, 0.3) is 0 Å². The third-order valence-electron chi connectivity index (χ3n) is 3.09. The van der Waals surface area contributed by atoms with Crippen molar-refractivity contribution in [1.29, 1.82) is 0 Å². The van der Waals surface area contributed by atoms with E-state index in [0.29, 0.717) is 0 Å². The maximum atomic E-state index is 14.2. The largest absolute Gasteiger partial charge is 0.490 e. The van der Waals surface area contributed by atoms with Crippen LogP contribution < -0.4 is 5.73 Å². The van der Waals surface area contributed by atoms with Crippen LogP contribution in [0.15, 0.2) is 12.3 Å². The van der Waals surface area contributed by atoms with Crippen molar-refractivity contribution in [3.05, 3.63) is 17.0 Å². The Balaban J connectivity index is 1.97. The number of nitrogens with two attached hydrogens (primary N) is 1. The first-order chi connectivity index (χ1) is 12.7. The quantitative estimate of drug-likeness (QED) is 0.258. The van der Waals surface area contributed by atoms with Gasteiger partial charge in [0.15, 0.2) is 6.23 Å². The maximum Gasteiger partial charge on any atom is 0.490 e. The van der Waals surface area contributed by atoms with Crippen molar-refractivity contribution in [3.8, 4) is 0 Å². The number of rotatable bonds is 8. The summed E-state index contributed by atoms with van der Waals surface area (Å²) >= 11 is 4.95. The van der Waals surface area contributed by atoms with Gasteiger partial charge in [0.05, 0.1) is 12.7 Å². The summed E-state index contributed by atoms with van der Waals surface area (Å²) in [6.07, 6.45) is -2.88. The summed E-state index contributed by atoms with van der Waals surface area (Å²) in [5.74, 6) is 0.110. The number of hydrogen-bond donors (Lipinski definition) is 5. The van der Waals surface area contributed by atoms with E-state index in [0.717, 1.165) is 0 Å². The number of alkyl halides is 1. The number of aromatic nitrogens is 2. The van der Waals surface area contributed by atoms with Crippen LogP contribution in [0.4, 0.5) is 10.2 Å². The van der Waals surface area contributed by atoms with Gasteiger partial charge in [-0.3, -0.25) is 9.09 Å². The molecule has 0 radical (unpaired) electrons. The fraction of sp³-hybridized carbons (Fsp3) is 0.556. The Hall–Kier alpha value is -0.600. The van der Waals surface area contributed by atoms with Crippen LogP contribution in [0.2, 0.25) is 0 Å². The van der Waals surface area contributed by atoms with Crippen molar-refractivity contribution >= 4 is 41.5 Å². The molecule has 1 aliphatic heterocycles. The monoisotopic (exact) mass is 485 g/mol. The van der Waals surface area contributed by atoms with Crippen LogP contribution in [0.1, 0.15) is 12.6 Å². The van der Waals surface area contributed by atoms with Gasteiger partial charge < -0.3 is 30.0 Å². The minimum atomic E-state index is -5.63. The molecule has 0 saturated carbocycles. The van der Waals surface area contributed by atoms with Crippen LogP contribution in [0.5, 0.6) is 0 Å². The van der Waals surface area contributed by atoms with Crippen molar-refractivity contribution in [1.82, 2.24) is 9.55 Å². The number of phosphoric acid groups is 3. The third-order valence-corrected chi connectivity index (χ3v) is 7.20. The summed E-state index contributed by atoms with van der Waals surface area (Å²) in [6.45, 7) is -0.768. The number of nitrogens with zero attached hydrogens (tertiary/aromatic N) is 2. The zero-order chi connectivity index (χ0) is 21.3. The molecule has 0 bridgehead atoms. The second-order valence-electron chi connectivity index (χ2n) is 5.33. The highest BCUT2D eigenvalue weighted by molar-refractivity contribution is 7.71. The lowest BCUT2D eigenvalue weighted by molar-refractivity contribution is -0.0378. The predicted octanol–water partition coefficient (Wildman–Crippen LogP) is 1.16. The normalized spacial score (nSPS) is 27.2. The Morgan fingerprint density at radius 2 is 1.93 bits per heavy atom. The molecule has 1 aliphatic rings. The second-order valence-corrected chi connectivity index (χ2v) is 10.1. The summed E-state index contributed by atoms with van der Waals surface area (Å²) in [4.78, 5) is 39.1. The molecule has 0 aromatic carbocycles. The Morgan fingerprint density at radius 3 is 2.50 bits per heavy atom. The Labute approximate surface area is 161 Å². The molecule has 5 atom stereocenters. The van der Waals surface area contributed by atoms with Crippen LogP contribution in [0.3, 0.4) is 0 Å². The van der Waals surface area contributed by atoms with Crippen molar-refractivity contribution in [2.75, 3.05) is 12.3 Å². The van der Waals surface area contributed by atoms with E-state index in [1.807, 2.05) is 0 Å². The van der Waals surface area contributed by atoms with E-state index in [1.165, 1.54) is 16.8 Å². The smallest absolute Gasteiger partial charge is 0.384 e. The molecule has 0 spiro atoms. The maximum absolute atomic E-state index is 14.2. The molecule has 160 valence electrons. The number of ether oxygens (including phenoxy) is 1. The Morgan fingerprint density at radius 1 is 1.29 bits per heavy atom. The first-order valence-corrected chi connectivity index (χ1v) is 12.0. The van der Waals surface area contributed by atoms with Crippen molar-refractivity contribution in [2.45, 2.75) is 24.9 Å². The van der Waals surface area contributed by atoms with Gasteiger partial charge in [-0.15, -0.1) is 0 Å².